The van der Waals surface area contributed by atoms with Gasteiger partial charge >= 0.3 is 0 Å². The van der Waals surface area contributed by atoms with Crippen LogP contribution in [0.1, 0.15) is 61.6 Å². The molecule has 0 unspecified atom stereocenters. The molecule has 0 saturated heterocycles. The van der Waals surface area contributed by atoms with E-state index in [0.717, 1.165) is 24.3 Å². The van der Waals surface area contributed by atoms with Crippen LogP contribution < -0.4 is 0 Å². The van der Waals surface area contributed by atoms with Gasteiger partial charge in [0.15, 0.2) is 0 Å². The highest BCUT2D eigenvalue weighted by molar-refractivity contribution is 5.43. The van der Waals surface area contributed by atoms with Gasteiger partial charge in [0.25, 0.3) is 0 Å². The van der Waals surface area contributed by atoms with Crippen molar-refractivity contribution in [3.05, 3.63) is 28.8 Å². The highest BCUT2D eigenvalue weighted by Crippen LogP contribution is 2.29. The van der Waals surface area contributed by atoms with Gasteiger partial charge in [0.05, 0.1) is 13.2 Å². The number of aryl methyl sites for hydroxylation is 1. The van der Waals surface area contributed by atoms with E-state index in [1.807, 2.05) is 12.1 Å². The Hall–Kier alpha value is -1.06. The molecule has 112 valence electrons. The summed E-state index contributed by atoms with van der Waals surface area (Å²) in [6.07, 6.45) is 10.3. The van der Waals surface area contributed by atoms with E-state index in [4.69, 9.17) is 0 Å². The largest absolute Gasteiger partial charge is 0.507 e. The predicted octanol–water partition coefficient (Wildman–Crippen LogP) is 3.28. The van der Waals surface area contributed by atoms with Gasteiger partial charge in [-0.2, -0.15) is 0 Å². The average molecular weight is 278 g/mol. The van der Waals surface area contributed by atoms with E-state index < -0.39 is 0 Å². The van der Waals surface area contributed by atoms with Crippen molar-refractivity contribution in [3.8, 4) is 5.75 Å². The van der Waals surface area contributed by atoms with Crippen LogP contribution in [0, 0.1) is 5.92 Å². The minimum Gasteiger partial charge on any atom is -0.507 e. The topological polar surface area (TPSA) is 60.7 Å². The second-order valence-corrected chi connectivity index (χ2v) is 5.98. The van der Waals surface area contributed by atoms with Gasteiger partial charge < -0.3 is 15.3 Å². The minimum atomic E-state index is -0.185. The van der Waals surface area contributed by atoms with Gasteiger partial charge in [-0.3, -0.25) is 0 Å². The summed E-state index contributed by atoms with van der Waals surface area (Å²) >= 11 is 0. The molecule has 1 aliphatic rings. The second-order valence-electron chi connectivity index (χ2n) is 5.98. The molecule has 0 bridgehead atoms. The Morgan fingerprint density at radius 2 is 1.55 bits per heavy atom. The van der Waals surface area contributed by atoms with Crippen molar-refractivity contribution >= 4 is 0 Å². The van der Waals surface area contributed by atoms with Gasteiger partial charge in [0, 0.05) is 11.1 Å². The summed E-state index contributed by atoms with van der Waals surface area (Å²) in [6.45, 7) is -0.370. The molecule has 0 amide bonds. The molecule has 0 aromatic heterocycles. The van der Waals surface area contributed by atoms with Crippen molar-refractivity contribution in [3.63, 3.8) is 0 Å². The molecule has 3 heteroatoms. The number of benzene rings is 1. The van der Waals surface area contributed by atoms with Crippen LogP contribution in [0.5, 0.6) is 5.75 Å². The first kappa shape index (κ1) is 15.3. The van der Waals surface area contributed by atoms with Gasteiger partial charge in [-0.15, -0.1) is 0 Å². The Labute approximate surface area is 121 Å². The van der Waals surface area contributed by atoms with E-state index in [2.05, 4.69) is 0 Å². The lowest BCUT2D eigenvalue weighted by Gasteiger charge is -2.21. The van der Waals surface area contributed by atoms with E-state index in [9.17, 15) is 15.3 Å². The summed E-state index contributed by atoms with van der Waals surface area (Å²) in [5.74, 6) is 0.918. The monoisotopic (exact) mass is 278 g/mol. The Morgan fingerprint density at radius 1 is 0.950 bits per heavy atom. The number of hydrogen-bond acceptors (Lipinski definition) is 3. The third-order valence-corrected chi connectivity index (χ3v) is 4.47. The molecule has 0 aliphatic heterocycles. The maximum atomic E-state index is 9.82. The first-order valence-electron chi connectivity index (χ1n) is 7.80. The van der Waals surface area contributed by atoms with Crippen LogP contribution in [0.4, 0.5) is 0 Å². The van der Waals surface area contributed by atoms with E-state index in [1.54, 1.807) is 0 Å². The van der Waals surface area contributed by atoms with Gasteiger partial charge in [-0.1, -0.05) is 38.5 Å². The Morgan fingerprint density at radius 3 is 2.10 bits per heavy atom. The van der Waals surface area contributed by atoms with Crippen LogP contribution in [-0.2, 0) is 19.6 Å². The van der Waals surface area contributed by atoms with Crippen molar-refractivity contribution in [2.75, 3.05) is 0 Å². The number of aliphatic hydroxyl groups is 2. The van der Waals surface area contributed by atoms with Crippen LogP contribution in [0.3, 0.4) is 0 Å². The number of rotatable bonds is 6. The quantitative estimate of drug-likeness (QED) is 0.748. The van der Waals surface area contributed by atoms with Crippen molar-refractivity contribution in [2.24, 2.45) is 5.92 Å². The van der Waals surface area contributed by atoms with E-state index in [0.29, 0.717) is 11.1 Å². The zero-order valence-electron chi connectivity index (χ0n) is 12.1. The summed E-state index contributed by atoms with van der Waals surface area (Å²) < 4.78 is 0. The second kappa shape index (κ2) is 7.65. The Balaban J connectivity index is 1.91. The van der Waals surface area contributed by atoms with E-state index in [-0.39, 0.29) is 19.0 Å². The molecule has 1 aliphatic carbocycles. The van der Waals surface area contributed by atoms with Crippen LogP contribution in [0.25, 0.3) is 0 Å². The number of aliphatic hydroxyl groups excluding tert-OH is 2. The fraction of sp³-hybridized carbons (Fsp3) is 0.647. The SMILES string of the molecule is OCc1cc(CCCC2CCCCC2)cc(CO)c1O. The molecule has 0 radical (unpaired) electrons. The molecule has 0 atom stereocenters. The fourth-order valence-electron chi connectivity index (χ4n) is 3.29. The minimum absolute atomic E-state index is 0.0334. The van der Waals surface area contributed by atoms with Crippen molar-refractivity contribution < 1.29 is 15.3 Å². The molecule has 3 nitrogen and oxygen atoms in total. The fourth-order valence-corrected chi connectivity index (χ4v) is 3.29. The van der Waals surface area contributed by atoms with Gasteiger partial charge in [0.1, 0.15) is 5.75 Å². The highest BCUT2D eigenvalue weighted by Gasteiger charge is 2.13. The predicted molar refractivity (Wildman–Crippen MR) is 79.5 cm³/mol. The Kier molecular flexibility index (Phi) is 5.86. The Bertz CT molecular complexity index is 397. The number of hydrogen-bond donors (Lipinski definition) is 3. The number of aromatic hydroxyl groups is 1. The zero-order chi connectivity index (χ0) is 14.4. The van der Waals surface area contributed by atoms with Crippen molar-refractivity contribution in [2.45, 2.75) is 64.6 Å². The average Bonchev–Trinajstić information content (AvgIpc) is 2.49. The molecule has 0 spiro atoms. The molecule has 1 aromatic rings. The molecule has 1 aromatic carbocycles. The van der Waals surface area contributed by atoms with E-state index >= 15 is 0 Å². The van der Waals surface area contributed by atoms with Crippen molar-refractivity contribution in [1.82, 2.24) is 0 Å². The first-order valence-corrected chi connectivity index (χ1v) is 7.80. The third-order valence-electron chi connectivity index (χ3n) is 4.47. The third kappa shape index (κ3) is 3.97. The van der Waals surface area contributed by atoms with Crippen molar-refractivity contribution in [1.29, 1.82) is 0 Å². The smallest absolute Gasteiger partial charge is 0.126 e. The summed E-state index contributed by atoms with van der Waals surface area (Å²) in [5.41, 5.74) is 2.14. The maximum absolute atomic E-state index is 9.82. The van der Waals surface area contributed by atoms with Crippen LogP contribution >= 0.6 is 0 Å². The lowest BCUT2D eigenvalue weighted by Crippen LogP contribution is -2.06. The summed E-state index contributed by atoms with van der Waals surface area (Å²) in [6, 6.07) is 3.71. The van der Waals surface area contributed by atoms with Crippen LogP contribution in [0.15, 0.2) is 12.1 Å². The lowest BCUT2D eigenvalue weighted by molar-refractivity contribution is 0.263. The molecular weight excluding hydrogens is 252 g/mol. The highest BCUT2D eigenvalue weighted by atomic mass is 16.3. The molecule has 1 fully saturated rings. The van der Waals surface area contributed by atoms with Crippen LogP contribution in [-0.4, -0.2) is 15.3 Å². The normalized spacial score (nSPS) is 16.5. The zero-order valence-corrected chi connectivity index (χ0v) is 12.1. The molecule has 1 saturated carbocycles. The standard InChI is InChI=1S/C17H26O3/c18-11-15-9-14(10-16(12-19)17(15)20)8-4-7-13-5-2-1-3-6-13/h9-10,13,18-20H,1-8,11-12H2. The van der Waals surface area contributed by atoms with Gasteiger partial charge in [-0.05, 0) is 36.5 Å². The summed E-state index contributed by atoms with van der Waals surface area (Å²) in [7, 11) is 0. The molecular formula is C17H26O3. The molecule has 3 N–H and O–H groups in total. The first-order chi connectivity index (χ1) is 9.74. The summed E-state index contributed by atoms with van der Waals surface area (Å²) in [4.78, 5) is 0. The maximum Gasteiger partial charge on any atom is 0.126 e. The molecule has 2 rings (SSSR count). The van der Waals surface area contributed by atoms with Gasteiger partial charge in [-0.25, -0.2) is 0 Å². The van der Waals surface area contributed by atoms with Gasteiger partial charge in [0.2, 0.25) is 0 Å². The molecule has 0 heterocycles. The van der Waals surface area contributed by atoms with E-state index in [1.165, 1.54) is 38.5 Å². The lowest BCUT2D eigenvalue weighted by atomic mass is 9.85. The number of phenols is 1. The van der Waals surface area contributed by atoms with Crippen LogP contribution in [0.2, 0.25) is 0 Å². The molecule has 20 heavy (non-hydrogen) atoms. The summed E-state index contributed by atoms with van der Waals surface area (Å²) in [5, 5.41) is 28.3.